The fourth-order valence-electron chi connectivity index (χ4n) is 4.82. The number of hydrogen-bond donors (Lipinski definition) is 2. The van der Waals surface area contributed by atoms with Gasteiger partial charge in [-0.25, -0.2) is 33.0 Å². The van der Waals surface area contributed by atoms with Crippen LogP contribution in [-0.2, 0) is 0 Å². The normalized spacial score (nSPS) is 17.0. The molecular formula is C28H25F2N7O4. The quantitative estimate of drug-likeness (QED) is 0.282. The molecule has 5 aromatic rings. The van der Waals surface area contributed by atoms with Crippen molar-refractivity contribution in [2.24, 2.45) is 0 Å². The number of aromatic carboxylic acids is 1. The molecule has 0 amide bonds. The number of aromatic nitrogens is 5. The van der Waals surface area contributed by atoms with Crippen LogP contribution in [0.2, 0.25) is 0 Å². The van der Waals surface area contributed by atoms with Crippen molar-refractivity contribution < 1.29 is 28.2 Å². The Morgan fingerprint density at radius 3 is 2.73 bits per heavy atom. The van der Waals surface area contributed by atoms with E-state index in [1.165, 1.54) is 29.7 Å². The van der Waals surface area contributed by atoms with Crippen molar-refractivity contribution in [2.75, 3.05) is 25.5 Å². The zero-order chi connectivity index (χ0) is 28.7. The molecule has 0 aliphatic carbocycles. The van der Waals surface area contributed by atoms with Gasteiger partial charge in [0.25, 0.3) is 5.92 Å². The highest BCUT2D eigenvalue weighted by atomic mass is 19.3. The van der Waals surface area contributed by atoms with E-state index in [-0.39, 0.29) is 29.1 Å². The number of hydrogen-bond acceptors (Lipinski definition) is 9. The number of nitrogens with one attached hydrogen (secondary N) is 1. The second kappa shape index (κ2) is 10.2. The predicted molar refractivity (Wildman–Crippen MR) is 145 cm³/mol. The van der Waals surface area contributed by atoms with Crippen molar-refractivity contribution >= 4 is 34.0 Å². The number of alkyl halides is 2. The summed E-state index contributed by atoms with van der Waals surface area (Å²) in [5.41, 5.74) is 2.21. The van der Waals surface area contributed by atoms with E-state index in [1.54, 1.807) is 42.0 Å². The highest BCUT2D eigenvalue weighted by Crippen LogP contribution is 2.38. The summed E-state index contributed by atoms with van der Waals surface area (Å²) in [7, 11) is 1.62. The zero-order valence-electron chi connectivity index (χ0n) is 22.1. The van der Waals surface area contributed by atoms with Crippen molar-refractivity contribution in [3.63, 3.8) is 0 Å². The molecule has 0 spiro atoms. The Balaban J connectivity index is 1.32. The molecule has 2 aromatic carbocycles. The number of nitrogens with zero attached hydrogens (tertiary/aromatic N) is 6. The SMILES string of the molecule is Cc1cc(Nc2ncnc3cc(C(=O)O)cc(OC4CCN(C)CC4(F)F)c23)ccc1Oc1ccn2ncnc2c1. The lowest BCUT2D eigenvalue weighted by molar-refractivity contribution is -0.134. The number of ether oxygens (including phenoxy) is 2. The highest BCUT2D eigenvalue weighted by Gasteiger charge is 2.45. The molecule has 11 nitrogen and oxygen atoms in total. The molecule has 6 rings (SSSR count). The third kappa shape index (κ3) is 5.31. The van der Waals surface area contributed by atoms with Gasteiger partial charge < -0.3 is 24.8 Å². The van der Waals surface area contributed by atoms with Gasteiger partial charge >= 0.3 is 5.97 Å². The molecule has 1 fully saturated rings. The molecule has 1 unspecified atom stereocenters. The summed E-state index contributed by atoms with van der Waals surface area (Å²) in [6.07, 6.45) is 3.12. The molecule has 0 saturated carbocycles. The number of aryl methyl sites for hydroxylation is 1. The Labute approximate surface area is 232 Å². The second-order valence-corrected chi connectivity index (χ2v) is 9.92. The molecule has 1 saturated heterocycles. The van der Waals surface area contributed by atoms with E-state index in [0.717, 1.165) is 5.56 Å². The number of piperidine rings is 1. The van der Waals surface area contributed by atoms with E-state index in [2.05, 4.69) is 25.4 Å². The smallest absolute Gasteiger partial charge is 0.335 e. The van der Waals surface area contributed by atoms with Crippen molar-refractivity contribution in [3.05, 3.63) is 72.4 Å². The number of carbonyl (C=O) groups is 1. The molecule has 0 bridgehead atoms. The van der Waals surface area contributed by atoms with Crippen molar-refractivity contribution in [1.82, 2.24) is 29.5 Å². The van der Waals surface area contributed by atoms with Crippen LogP contribution in [0.15, 0.2) is 61.3 Å². The Hall–Kier alpha value is -4.91. The van der Waals surface area contributed by atoms with Crippen molar-refractivity contribution in [3.8, 4) is 17.2 Å². The van der Waals surface area contributed by atoms with Crippen molar-refractivity contribution in [2.45, 2.75) is 25.4 Å². The molecular weight excluding hydrogens is 536 g/mol. The number of pyridine rings is 1. The fraction of sp³-hybridized carbons (Fsp3) is 0.250. The topological polar surface area (TPSA) is 127 Å². The fourth-order valence-corrected chi connectivity index (χ4v) is 4.82. The van der Waals surface area contributed by atoms with Crippen LogP contribution in [0, 0.1) is 6.92 Å². The molecule has 4 heterocycles. The lowest BCUT2D eigenvalue weighted by Crippen LogP contribution is -2.52. The van der Waals surface area contributed by atoms with Gasteiger partial charge in [-0.15, -0.1) is 0 Å². The second-order valence-electron chi connectivity index (χ2n) is 9.92. The van der Waals surface area contributed by atoms with Crippen LogP contribution >= 0.6 is 0 Å². The lowest BCUT2D eigenvalue weighted by Gasteiger charge is -2.36. The minimum Gasteiger partial charge on any atom is -0.483 e. The van der Waals surface area contributed by atoms with Gasteiger partial charge in [0.15, 0.2) is 11.8 Å². The first-order valence-corrected chi connectivity index (χ1v) is 12.8. The van der Waals surface area contributed by atoms with Crippen LogP contribution in [0.25, 0.3) is 16.6 Å². The monoisotopic (exact) mass is 561 g/mol. The van der Waals surface area contributed by atoms with Crippen LogP contribution in [0.1, 0.15) is 22.3 Å². The summed E-state index contributed by atoms with van der Waals surface area (Å²) in [6, 6.07) is 11.6. The Morgan fingerprint density at radius 1 is 1.10 bits per heavy atom. The molecule has 13 heteroatoms. The molecule has 41 heavy (non-hydrogen) atoms. The number of halogens is 2. The Morgan fingerprint density at radius 2 is 1.95 bits per heavy atom. The number of rotatable bonds is 7. The number of fused-ring (bicyclic) bond motifs is 2. The van der Waals surface area contributed by atoms with Crippen LogP contribution in [0.4, 0.5) is 20.3 Å². The van der Waals surface area contributed by atoms with Crippen LogP contribution in [0.3, 0.4) is 0 Å². The van der Waals surface area contributed by atoms with E-state index in [1.807, 2.05) is 13.0 Å². The van der Waals surface area contributed by atoms with Crippen LogP contribution in [-0.4, -0.2) is 72.7 Å². The zero-order valence-corrected chi connectivity index (χ0v) is 22.1. The Kier molecular flexibility index (Phi) is 6.58. The number of likely N-dealkylation sites (tertiary alicyclic amines) is 1. The number of anilines is 2. The van der Waals surface area contributed by atoms with Gasteiger partial charge in [0.1, 0.15) is 35.7 Å². The standard InChI is InChI=1S/C28H25F2N7O4/c1-16-9-18(3-4-21(16)40-19-5-8-37-24(12-19)32-15-34-37)35-26-25-20(31-14-33-26)10-17(27(38)39)11-22(25)41-23-6-7-36(2)13-28(23,29)30/h3-5,8-12,14-15,23H,6-7,13H2,1-2H3,(H,38,39)(H,31,33,35). The molecule has 210 valence electrons. The first kappa shape index (κ1) is 26.3. The third-order valence-corrected chi connectivity index (χ3v) is 6.86. The van der Waals surface area contributed by atoms with Gasteiger partial charge in [0.2, 0.25) is 0 Å². The maximum atomic E-state index is 14.9. The van der Waals surface area contributed by atoms with Gasteiger partial charge in [-0.05, 0) is 55.9 Å². The largest absolute Gasteiger partial charge is 0.483 e. The number of carboxylic acids is 1. The van der Waals surface area contributed by atoms with Gasteiger partial charge in [0.05, 0.1) is 23.0 Å². The van der Waals surface area contributed by atoms with Crippen LogP contribution < -0.4 is 14.8 Å². The van der Waals surface area contributed by atoms with Gasteiger partial charge in [-0.3, -0.25) is 0 Å². The lowest BCUT2D eigenvalue weighted by atomic mass is 10.0. The van der Waals surface area contributed by atoms with Crippen molar-refractivity contribution in [1.29, 1.82) is 0 Å². The van der Waals surface area contributed by atoms with Gasteiger partial charge in [0, 0.05) is 30.9 Å². The molecule has 3 aromatic heterocycles. The first-order valence-electron chi connectivity index (χ1n) is 12.8. The summed E-state index contributed by atoms with van der Waals surface area (Å²) in [4.78, 5) is 26.0. The summed E-state index contributed by atoms with van der Waals surface area (Å²) in [6.45, 7) is 1.83. The van der Waals surface area contributed by atoms with E-state index in [9.17, 15) is 18.7 Å². The van der Waals surface area contributed by atoms with E-state index in [0.29, 0.717) is 34.8 Å². The minimum absolute atomic E-state index is 0.0298. The summed E-state index contributed by atoms with van der Waals surface area (Å²) in [5.74, 6) is -2.90. The minimum atomic E-state index is -3.13. The summed E-state index contributed by atoms with van der Waals surface area (Å²) in [5, 5.41) is 17.2. The first-order chi connectivity index (χ1) is 19.7. The van der Waals surface area contributed by atoms with Gasteiger partial charge in [-0.2, -0.15) is 5.10 Å². The predicted octanol–water partition coefficient (Wildman–Crippen LogP) is 4.93. The third-order valence-electron chi connectivity index (χ3n) is 6.86. The molecule has 0 radical (unpaired) electrons. The highest BCUT2D eigenvalue weighted by molar-refractivity contribution is 6.01. The Bertz CT molecular complexity index is 1780. The average Bonchev–Trinajstić information content (AvgIpc) is 3.39. The van der Waals surface area contributed by atoms with E-state index >= 15 is 0 Å². The summed E-state index contributed by atoms with van der Waals surface area (Å²) < 4.78 is 43.2. The molecule has 2 N–H and O–H groups in total. The van der Waals surface area contributed by atoms with E-state index in [4.69, 9.17) is 9.47 Å². The molecule has 1 aliphatic heterocycles. The van der Waals surface area contributed by atoms with E-state index < -0.39 is 24.5 Å². The van der Waals surface area contributed by atoms with Crippen LogP contribution in [0.5, 0.6) is 17.2 Å². The average molecular weight is 562 g/mol. The summed E-state index contributed by atoms with van der Waals surface area (Å²) >= 11 is 0. The maximum absolute atomic E-state index is 14.9. The number of benzene rings is 2. The molecule has 1 atom stereocenters. The number of carboxylic acid groups (broad SMARTS) is 1. The maximum Gasteiger partial charge on any atom is 0.335 e. The molecule has 1 aliphatic rings. The van der Waals surface area contributed by atoms with Gasteiger partial charge in [-0.1, -0.05) is 0 Å².